The highest BCUT2D eigenvalue weighted by Gasteiger charge is 2.50. The Bertz CT molecular complexity index is 1030. The van der Waals surface area contributed by atoms with E-state index in [1.807, 2.05) is 12.1 Å². The standard InChI is InChI=1S/C21H20NO6/c1-22(2)6-5-11-7-15-16(26-9-25-15)8-13(11)18(22)19-12-3-4-14-20(27-10-24-14)17(12)21(23)28-19/h3-4,7-8,18-19H,5-6,9-10H2,1-2H3/q+1/t18?,19-/m1/s1. The SMILES string of the molecule is C[N+]1(C)CCc2cc3c(cc2C1[C@@H]1OC(=O)c2c1ccc1c2OCO1)OCO3. The van der Waals surface area contributed by atoms with Crippen LogP contribution in [0.2, 0.25) is 0 Å². The van der Waals surface area contributed by atoms with Crippen LogP contribution in [0.4, 0.5) is 0 Å². The van der Waals surface area contributed by atoms with Gasteiger partial charge in [-0.2, -0.15) is 0 Å². The number of esters is 1. The van der Waals surface area contributed by atoms with Crippen LogP contribution in [-0.4, -0.2) is 44.7 Å². The first kappa shape index (κ1) is 16.1. The lowest BCUT2D eigenvalue weighted by atomic mass is 9.84. The van der Waals surface area contributed by atoms with Crippen molar-refractivity contribution < 1.29 is 33.0 Å². The van der Waals surface area contributed by atoms with E-state index in [0.717, 1.165) is 35.6 Å². The van der Waals surface area contributed by atoms with Crippen molar-refractivity contribution in [2.45, 2.75) is 18.6 Å². The minimum absolute atomic E-state index is 0.0520. The van der Waals surface area contributed by atoms with Gasteiger partial charge in [0.1, 0.15) is 5.56 Å². The molecule has 144 valence electrons. The highest BCUT2D eigenvalue weighted by atomic mass is 16.7. The van der Waals surface area contributed by atoms with Gasteiger partial charge < -0.3 is 28.2 Å². The molecule has 0 radical (unpaired) electrons. The molecule has 7 nitrogen and oxygen atoms in total. The molecule has 2 aromatic rings. The number of likely N-dealkylation sites (N-methyl/N-ethyl adjacent to an activating group) is 1. The number of rotatable bonds is 1. The molecule has 6 rings (SSSR count). The second-order valence-corrected chi connectivity index (χ2v) is 8.19. The van der Waals surface area contributed by atoms with Gasteiger partial charge in [-0.05, 0) is 23.8 Å². The van der Waals surface area contributed by atoms with Crippen LogP contribution in [0.15, 0.2) is 24.3 Å². The summed E-state index contributed by atoms with van der Waals surface area (Å²) in [5, 5.41) is 0. The lowest BCUT2D eigenvalue weighted by molar-refractivity contribution is -0.927. The highest BCUT2D eigenvalue weighted by molar-refractivity contribution is 5.98. The second kappa shape index (κ2) is 5.32. The van der Waals surface area contributed by atoms with Crippen molar-refractivity contribution in [3.05, 3.63) is 46.5 Å². The van der Waals surface area contributed by atoms with Crippen molar-refractivity contribution in [1.82, 2.24) is 0 Å². The lowest BCUT2D eigenvalue weighted by Gasteiger charge is -2.44. The molecule has 0 saturated heterocycles. The van der Waals surface area contributed by atoms with Crippen LogP contribution in [0, 0.1) is 0 Å². The summed E-state index contributed by atoms with van der Waals surface area (Å²) in [7, 11) is 4.36. The van der Waals surface area contributed by atoms with Crippen LogP contribution in [0.1, 0.15) is 39.2 Å². The fraction of sp³-hybridized carbons (Fsp3) is 0.381. The van der Waals surface area contributed by atoms with Crippen LogP contribution in [0.25, 0.3) is 0 Å². The molecule has 4 aliphatic rings. The molecular weight excluding hydrogens is 362 g/mol. The minimum Gasteiger partial charge on any atom is -0.454 e. The van der Waals surface area contributed by atoms with E-state index in [4.69, 9.17) is 23.7 Å². The number of hydrogen-bond acceptors (Lipinski definition) is 6. The first-order valence-corrected chi connectivity index (χ1v) is 9.41. The van der Waals surface area contributed by atoms with Crippen molar-refractivity contribution in [2.24, 2.45) is 0 Å². The number of cyclic esters (lactones) is 1. The summed E-state index contributed by atoms with van der Waals surface area (Å²) in [6.07, 6.45) is 0.538. The smallest absolute Gasteiger partial charge is 0.343 e. The van der Waals surface area contributed by atoms with E-state index >= 15 is 0 Å². The summed E-state index contributed by atoms with van der Waals surface area (Å²) in [5.74, 6) is 2.28. The topological polar surface area (TPSA) is 63.2 Å². The third-order valence-electron chi connectivity index (χ3n) is 6.27. The van der Waals surface area contributed by atoms with E-state index in [1.54, 1.807) is 0 Å². The predicted molar refractivity (Wildman–Crippen MR) is 96.7 cm³/mol. The Kier molecular flexibility index (Phi) is 3.05. The summed E-state index contributed by atoms with van der Waals surface area (Å²) in [4.78, 5) is 12.8. The van der Waals surface area contributed by atoms with Gasteiger partial charge in [0.2, 0.25) is 13.6 Å². The number of fused-ring (bicyclic) bond motifs is 5. The zero-order chi connectivity index (χ0) is 19.0. The van der Waals surface area contributed by atoms with Gasteiger partial charge >= 0.3 is 5.97 Å². The van der Waals surface area contributed by atoms with Gasteiger partial charge in [-0.15, -0.1) is 0 Å². The monoisotopic (exact) mass is 382 g/mol. The van der Waals surface area contributed by atoms with Gasteiger partial charge in [0, 0.05) is 17.5 Å². The molecular formula is C21H20NO6+. The third-order valence-corrected chi connectivity index (χ3v) is 6.27. The molecule has 0 aromatic heterocycles. The fourth-order valence-corrected chi connectivity index (χ4v) is 4.85. The highest BCUT2D eigenvalue weighted by Crippen LogP contribution is 2.53. The Labute approximate surface area is 161 Å². The van der Waals surface area contributed by atoms with Gasteiger partial charge in [-0.1, -0.05) is 6.07 Å². The normalized spacial score (nSPS) is 25.3. The molecule has 4 aliphatic heterocycles. The molecule has 2 aromatic carbocycles. The van der Waals surface area contributed by atoms with Crippen LogP contribution in [-0.2, 0) is 11.2 Å². The average Bonchev–Trinajstić information content (AvgIpc) is 3.37. The molecule has 7 heteroatoms. The maximum Gasteiger partial charge on any atom is 0.343 e. The van der Waals surface area contributed by atoms with Crippen molar-refractivity contribution >= 4 is 5.97 Å². The Morgan fingerprint density at radius 3 is 2.54 bits per heavy atom. The van der Waals surface area contributed by atoms with Crippen LogP contribution < -0.4 is 18.9 Å². The number of ether oxygens (including phenoxy) is 5. The Morgan fingerprint density at radius 1 is 0.929 bits per heavy atom. The van der Waals surface area contributed by atoms with Gasteiger partial charge in [-0.25, -0.2) is 4.79 Å². The maximum absolute atomic E-state index is 12.8. The molecule has 4 heterocycles. The van der Waals surface area contributed by atoms with E-state index in [2.05, 4.69) is 26.2 Å². The van der Waals surface area contributed by atoms with Crippen molar-refractivity contribution in [3.8, 4) is 23.0 Å². The molecule has 0 amide bonds. The number of hydrogen-bond donors (Lipinski definition) is 0. The Balaban J connectivity index is 1.52. The van der Waals surface area contributed by atoms with Gasteiger partial charge in [0.25, 0.3) is 0 Å². The maximum atomic E-state index is 12.8. The number of carbonyl (C=O) groups is 1. The zero-order valence-corrected chi connectivity index (χ0v) is 15.7. The summed E-state index contributed by atoms with van der Waals surface area (Å²) >= 11 is 0. The third kappa shape index (κ3) is 2.05. The fourth-order valence-electron chi connectivity index (χ4n) is 4.85. The second-order valence-electron chi connectivity index (χ2n) is 8.19. The quantitative estimate of drug-likeness (QED) is 0.558. The van der Waals surface area contributed by atoms with Crippen LogP contribution in [0.3, 0.4) is 0 Å². The van der Waals surface area contributed by atoms with Gasteiger partial charge in [0.15, 0.2) is 35.1 Å². The van der Waals surface area contributed by atoms with Gasteiger partial charge in [-0.3, -0.25) is 0 Å². The molecule has 0 saturated carbocycles. The Hall–Kier alpha value is -2.93. The molecule has 0 spiro atoms. The molecule has 28 heavy (non-hydrogen) atoms. The summed E-state index contributed by atoms with van der Waals surface area (Å²) < 4.78 is 28.8. The largest absolute Gasteiger partial charge is 0.454 e. The predicted octanol–water partition coefficient (Wildman–Crippen LogP) is 2.73. The summed E-state index contributed by atoms with van der Waals surface area (Å²) in [6, 6.07) is 7.87. The molecule has 0 aliphatic carbocycles. The molecule has 0 bridgehead atoms. The minimum atomic E-state index is -0.397. The van der Waals surface area contributed by atoms with E-state index < -0.39 is 6.10 Å². The first-order chi connectivity index (χ1) is 13.5. The van der Waals surface area contributed by atoms with E-state index in [0.29, 0.717) is 21.5 Å². The van der Waals surface area contributed by atoms with Crippen LogP contribution >= 0.6 is 0 Å². The number of carbonyl (C=O) groups excluding carboxylic acids is 1. The zero-order valence-electron chi connectivity index (χ0n) is 15.7. The number of quaternary nitrogens is 1. The van der Waals surface area contributed by atoms with Crippen molar-refractivity contribution in [1.29, 1.82) is 0 Å². The van der Waals surface area contributed by atoms with Crippen molar-refractivity contribution in [3.63, 3.8) is 0 Å². The summed E-state index contributed by atoms with van der Waals surface area (Å²) in [6.45, 7) is 1.30. The number of benzene rings is 2. The Morgan fingerprint density at radius 2 is 1.68 bits per heavy atom. The first-order valence-electron chi connectivity index (χ1n) is 9.41. The van der Waals surface area contributed by atoms with E-state index in [-0.39, 0.29) is 25.6 Å². The number of nitrogens with zero attached hydrogens (tertiary/aromatic N) is 1. The lowest BCUT2D eigenvalue weighted by Crippen LogP contribution is -2.50. The molecule has 1 unspecified atom stereocenters. The van der Waals surface area contributed by atoms with E-state index in [9.17, 15) is 4.79 Å². The molecule has 0 N–H and O–H groups in total. The molecule has 0 fully saturated rings. The van der Waals surface area contributed by atoms with Crippen molar-refractivity contribution in [2.75, 3.05) is 34.2 Å². The average molecular weight is 382 g/mol. The van der Waals surface area contributed by atoms with Gasteiger partial charge in [0.05, 0.1) is 20.6 Å². The summed E-state index contributed by atoms with van der Waals surface area (Å²) in [5.41, 5.74) is 3.71. The van der Waals surface area contributed by atoms with E-state index in [1.165, 1.54) is 5.56 Å². The molecule has 2 atom stereocenters. The van der Waals surface area contributed by atoms with Crippen LogP contribution in [0.5, 0.6) is 23.0 Å².